The molecule has 0 aliphatic carbocycles. The summed E-state index contributed by atoms with van der Waals surface area (Å²) in [5, 5.41) is 13.9. The van der Waals surface area contributed by atoms with E-state index in [0.717, 1.165) is 0 Å². The fourth-order valence-corrected chi connectivity index (χ4v) is 3.24. The Morgan fingerprint density at radius 2 is 2.04 bits per heavy atom. The number of aliphatic hydroxyl groups is 1. The minimum absolute atomic E-state index is 0.203. The quantitative estimate of drug-likeness (QED) is 0.814. The second kappa shape index (κ2) is 6.26. The van der Waals surface area contributed by atoms with E-state index in [1.54, 1.807) is 32.9 Å². The van der Waals surface area contributed by atoms with Gasteiger partial charge in [-0.05, 0) is 39.8 Å². The van der Waals surface area contributed by atoms with Crippen LogP contribution in [0.5, 0.6) is 5.75 Å². The highest BCUT2D eigenvalue weighted by molar-refractivity contribution is 6.33. The first kappa shape index (κ1) is 18.5. The van der Waals surface area contributed by atoms with Crippen LogP contribution in [0, 0.1) is 5.92 Å². The van der Waals surface area contributed by atoms with Gasteiger partial charge in [-0.25, -0.2) is 0 Å². The molecule has 7 heteroatoms. The molecular formula is C17H22ClNO5. The molecule has 0 aromatic heterocycles. The van der Waals surface area contributed by atoms with Gasteiger partial charge in [0.15, 0.2) is 0 Å². The summed E-state index contributed by atoms with van der Waals surface area (Å²) in [5.74, 6) is -1.67. The number of amides is 1. The number of hydrogen-bond acceptors (Lipinski definition) is 5. The van der Waals surface area contributed by atoms with E-state index >= 15 is 0 Å². The van der Waals surface area contributed by atoms with Crippen molar-refractivity contribution in [1.29, 1.82) is 0 Å². The normalized spacial score (nSPS) is 23.3. The monoisotopic (exact) mass is 355 g/mol. The van der Waals surface area contributed by atoms with E-state index in [-0.39, 0.29) is 11.4 Å². The van der Waals surface area contributed by atoms with E-state index in [0.29, 0.717) is 17.0 Å². The highest BCUT2D eigenvalue weighted by Crippen LogP contribution is 2.47. The fraction of sp³-hybridized carbons (Fsp3) is 0.529. The lowest BCUT2D eigenvalue weighted by molar-refractivity contribution is -0.161. The third kappa shape index (κ3) is 3.49. The van der Waals surface area contributed by atoms with Gasteiger partial charge < -0.3 is 19.9 Å². The average molecular weight is 356 g/mol. The maximum absolute atomic E-state index is 12.4. The minimum atomic E-state index is -1.64. The lowest BCUT2D eigenvalue weighted by atomic mass is 9.76. The number of carbonyl (C=O) groups is 2. The van der Waals surface area contributed by atoms with Crippen molar-refractivity contribution in [1.82, 2.24) is 0 Å². The number of esters is 1. The maximum Gasteiger partial charge on any atom is 0.307 e. The number of anilines is 1. The zero-order valence-corrected chi connectivity index (χ0v) is 15.2. The number of hydrogen-bond donors (Lipinski definition) is 2. The van der Waals surface area contributed by atoms with Crippen molar-refractivity contribution < 1.29 is 24.2 Å². The van der Waals surface area contributed by atoms with Crippen LogP contribution in [0.15, 0.2) is 12.1 Å². The Kier molecular flexibility index (Phi) is 4.84. The highest BCUT2D eigenvalue weighted by atomic mass is 35.5. The number of methoxy groups -OCH3 is 1. The summed E-state index contributed by atoms with van der Waals surface area (Å²) in [4.78, 5) is 24.5. The van der Waals surface area contributed by atoms with Crippen LogP contribution in [-0.4, -0.2) is 29.7 Å². The van der Waals surface area contributed by atoms with Gasteiger partial charge in [-0.15, -0.1) is 0 Å². The Labute approximate surface area is 146 Å². The van der Waals surface area contributed by atoms with Gasteiger partial charge in [0.05, 0.1) is 24.5 Å². The van der Waals surface area contributed by atoms with Crippen molar-refractivity contribution in [2.45, 2.75) is 45.3 Å². The largest absolute Gasteiger partial charge is 0.495 e. The van der Waals surface area contributed by atoms with Crippen LogP contribution in [0.2, 0.25) is 5.02 Å². The topological polar surface area (TPSA) is 84.9 Å². The standard InChI is InChI=1S/C17H22ClNO5/c1-16(2,3)24-12(20)8-9-15(21)19-10-6-7-11(23-5)14(18)13(10)17(9,4)22/h6-7,9,22H,8H2,1-5H3,(H,19,21). The van der Waals surface area contributed by atoms with Crippen LogP contribution in [0.1, 0.15) is 39.7 Å². The molecule has 0 saturated carbocycles. The second-order valence-electron chi connectivity index (χ2n) is 6.98. The Morgan fingerprint density at radius 3 is 2.58 bits per heavy atom. The Morgan fingerprint density at radius 1 is 1.42 bits per heavy atom. The van der Waals surface area contributed by atoms with E-state index < -0.39 is 29.0 Å². The number of carbonyl (C=O) groups excluding carboxylic acids is 2. The predicted octanol–water partition coefficient (Wildman–Crippen LogP) is 2.86. The molecule has 1 aromatic rings. The number of ether oxygens (including phenoxy) is 2. The summed E-state index contributed by atoms with van der Waals surface area (Å²) in [7, 11) is 1.46. The van der Waals surface area contributed by atoms with Crippen LogP contribution in [0.3, 0.4) is 0 Å². The lowest BCUT2D eigenvalue weighted by Gasteiger charge is -2.38. The Hall–Kier alpha value is -1.79. The molecular weight excluding hydrogens is 334 g/mol. The predicted molar refractivity (Wildman–Crippen MR) is 90.2 cm³/mol. The number of fused-ring (bicyclic) bond motifs is 1. The second-order valence-corrected chi connectivity index (χ2v) is 7.36. The molecule has 0 saturated heterocycles. The Bertz CT molecular complexity index is 678. The molecule has 6 nitrogen and oxygen atoms in total. The maximum atomic E-state index is 12.4. The molecule has 2 rings (SSSR count). The SMILES string of the molecule is COc1ccc2c(c1Cl)C(C)(O)C(CC(=O)OC(C)(C)C)C(=O)N2. The van der Waals surface area contributed by atoms with Gasteiger partial charge in [0.1, 0.15) is 17.0 Å². The molecule has 2 atom stereocenters. The van der Waals surface area contributed by atoms with Crippen molar-refractivity contribution in [2.75, 3.05) is 12.4 Å². The molecule has 1 heterocycles. The van der Waals surface area contributed by atoms with Gasteiger partial charge in [0.25, 0.3) is 0 Å². The first-order chi connectivity index (χ1) is 11.0. The Balaban J connectivity index is 2.39. The van der Waals surface area contributed by atoms with Crippen LogP contribution >= 0.6 is 11.6 Å². The van der Waals surface area contributed by atoms with Crippen LogP contribution in [0.4, 0.5) is 5.69 Å². The molecule has 1 aliphatic rings. The van der Waals surface area contributed by atoms with E-state index in [2.05, 4.69) is 5.32 Å². The molecule has 132 valence electrons. The van der Waals surface area contributed by atoms with E-state index in [1.165, 1.54) is 14.0 Å². The average Bonchev–Trinajstić information content (AvgIpc) is 2.41. The van der Waals surface area contributed by atoms with E-state index in [4.69, 9.17) is 21.1 Å². The molecule has 24 heavy (non-hydrogen) atoms. The van der Waals surface area contributed by atoms with Gasteiger partial charge in [0, 0.05) is 11.3 Å². The zero-order chi connectivity index (χ0) is 18.3. The number of benzene rings is 1. The summed E-state index contributed by atoms with van der Waals surface area (Å²) in [6.07, 6.45) is -0.261. The lowest BCUT2D eigenvalue weighted by Crippen LogP contribution is -2.46. The third-order valence-electron chi connectivity index (χ3n) is 3.88. The summed E-state index contributed by atoms with van der Waals surface area (Å²) >= 11 is 6.31. The molecule has 2 unspecified atom stereocenters. The number of nitrogens with one attached hydrogen (secondary N) is 1. The molecule has 0 radical (unpaired) electrons. The third-order valence-corrected chi connectivity index (χ3v) is 4.25. The van der Waals surface area contributed by atoms with Gasteiger partial charge in [-0.3, -0.25) is 9.59 Å². The van der Waals surface area contributed by atoms with Crippen molar-refractivity contribution in [3.05, 3.63) is 22.7 Å². The molecule has 0 spiro atoms. The molecule has 1 aromatic carbocycles. The summed E-state index contributed by atoms with van der Waals surface area (Å²) < 4.78 is 10.4. The summed E-state index contributed by atoms with van der Waals surface area (Å²) in [6.45, 7) is 6.67. The molecule has 2 N–H and O–H groups in total. The van der Waals surface area contributed by atoms with Crippen LogP contribution in [-0.2, 0) is 19.9 Å². The molecule has 1 amide bonds. The molecule has 0 bridgehead atoms. The van der Waals surface area contributed by atoms with Crippen molar-refractivity contribution >= 4 is 29.2 Å². The van der Waals surface area contributed by atoms with Crippen LogP contribution < -0.4 is 10.1 Å². The first-order valence-electron chi connectivity index (χ1n) is 7.59. The summed E-state index contributed by atoms with van der Waals surface area (Å²) in [5.41, 5.74) is -1.58. The van der Waals surface area contributed by atoms with Gasteiger partial charge in [-0.1, -0.05) is 11.6 Å². The number of rotatable bonds is 3. The molecule has 1 aliphatic heterocycles. The van der Waals surface area contributed by atoms with Crippen LogP contribution in [0.25, 0.3) is 0 Å². The zero-order valence-electron chi connectivity index (χ0n) is 14.4. The summed E-state index contributed by atoms with van der Waals surface area (Å²) in [6, 6.07) is 3.21. The van der Waals surface area contributed by atoms with Crippen molar-refractivity contribution in [3.8, 4) is 5.75 Å². The van der Waals surface area contributed by atoms with Gasteiger partial charge >= 0.3 is 5.97 Å². The highest BCUT2D eigenvalue weighted by Gasteiger charge is 2.47. The van der Waals surface area contributed by atoms with Crippen molar-refractivity contribution in [2.24, 2.45) is 5.92 Å². The molecule has 0 fully saturated rings. The van der Waals surface area contributed by atoms with Gasteiger partial charge in [0.2, 0.25) is 5.91 Å². The fourth-order valence-electron chi connectivity index (χ4n) is 2.80. The van der Waals surface area contributed by atoms with E-state index in [9.17, 15) is 14.7 Å². The van der Waals surface area contributed by atoms with Gasteiger partial charge in [-0.2, -0.15) is 0 Å². The minimum Gasteiger partial charge on any atom is -0.495 e. The van der Waals surface area contributed by atoms with E-state index in [1.807, 2.05) is 0 Å². The number of halogens is 1. The smallest absolute Gasteiger partial charge is 0.307 e. The van der Waals surface area contributed by atoms with Crippen molar-refractivity contribution in [3.63, 3.8) is 0 Å². The first-order valence-corrected chi connectivity index (χ1v) is 7.97.